The van der Waals surface area contributed by atoms with E-state index in [1.807, 2.05) is 12.1 Å². The van der Waals surface area contributed by atoms with Crippen molar-refractivity contribution in [2.24, 2.45) is 23.5 Å². The number of nitrogens with one attached hydrogen (secondary N) is 1. The van der Waals surface area contributed by atoms with Gasteiger partial charge in [-0.25, -0.2) is 0 Å². The number of anilines is 1. The van der Waals surface area contributed by atoms with Crippen molar-refractivity contribution < 1.29 is 4.79 Å². The number of hydrogen-bond donors (Lipinski definition) is 2. The number of nitrogens with zero attached hydrogens (tertiary/aromatic N) is 1. The second kappa shape index (κ2) is 7.66. The van der Waals surface area contributed by atoms with Crippen LogP contribution in [0.15, 0.2) is 24.3 Å². The van der Waals surface area contributed by atoms with Gasteiger partial charge >= 0.3 is 0 Å². The van der Waals surface area contributed by atoms with Gasteiger partial charge in [0, 0.05) is 24.2 Å². The Balaban J connectivity index is 1.55. The molecule has 0 saturated heterocycles. The van der Waals surface area contributed by atoms with Crippen LogP contribution in [0.3, 0.4) is 0 Å². The van der Waals surface area contributed by atoms with Gasteiger partial charge in [-0.1, -0.05) is 18.6 Å². The summed E-state index contributed by atoms with van der Waals surface area (Å²) in [5, 5.41) is 3.12. The standard InChI is InChI=1S/C20H31N3O/c1-23(2)11-10-14-6-8-18(9-7-14)22-20(24)17-12-15-4-3-5-16(13-17)19(15)21/h6-9,15-17,19H,3-5,10-13,21H2,1-2H3,(H,22,24). The smallest absolute Gasteiger partial charge is 0.227 e. The summed E-state index contributed by atoms with van der Waals surface area (Å²) in [6.45, 7) is 1.04. The van der Waals surface area contributed by atoms with Crippen molar-refractivity contribution in [2.45, 2.75) is 44.6 Å². The highest BCUT2D eigenvalue weighted by atomic mass is 16.1. The van der Waals surface area contributed by atoms with E-state index in [0.29, 0.717) is 17.9 Å². The molecule has 1 aromatic carbocycles. The molecule has 0 aromatic heterocycles. The van der Waals surface area contributed by atoms with E-state index in [-0.39, 0.29) is 11.8 Å². The predicted molar refractivity (Wildman–Crippen MR) is 98.9 cm³/mol. The van der Waals surface area contributed by atoms with Crippen molar-refractivity contribution in [2.75, 3.05) is 26.0 Å². The minimum Gasteiger partial charge on any atom is -0.327 e. The highest BCUT2D eigenvalue weighted by Gasteiger charge is 2.40. The van der Waals surface area contributed by atoms with Gasteiger partial charge in [0.1, 0.15) is 0 Å². The molecule has 2 bridgehead atoms. The maximum atomic E-state index is 12.6. The summed E-state index contributed by atoms with van der Waals surface area (Å²) in [5.74, 6) is 1.40. The summed E-state index contributed by atoms with van der Waals surface area (Å²) in [6, 6.07) is 8.60. The van der Waals surface area contributed by atoms with E-state index >= 15 is 0 Å². The Morgan fingerprint density at radius 3 is 2.38 bits per heavy atom. The topological polar surface area (TPSA) is 58.4 Å². The van der Waals surface area contributed by atoms with Gasteiger partial charge in [-0.05, 0) is 75.7 Å². The van der Waals surface area contributed by atoms with Gasteiger partial charge in [0.2, 0.25) is 5.91 Å². The number of likely N-dealkylation sites (N-methyl/N-ethyl adjacent to an activating group) is 1. The first-order valence-corrected chi connectivity index (χ1v) is 9.33. The minimum absolute atomic E-state index is 0.133. The van der Waals surface area contributed by atoms with Crippen molar-refractivity contribution in [1.29, 1.82) is 0 Å². The van der Waals surface area contributed by atoms with Crippen LogP contribution in [-0.4, -0.2) is 37.5 Å². The SMILES string of the molecule is CN(C)CCc1ccc(NC(=O)C2CC3CCCC(C2)C3N)cc1. The molecule has 2 atom stereocenters. The van der Waals surface area contributed by atoms with E-state index in [1.165, 1.54) is 24.8 Å². The molecule has 0 spiro atoms. The zero-order valence-corrected chi connectivity index (χ0v) is 15.0. The van der Waals surface area contributed by atoms with Gasteiger partial charge in [-0.2, -0.15) is 0 Å². The van der Waals surface area contributed by atoms with Gasteiger partial charge < -0.3 is 16.0 Å². The lowest BCUT2D eigenvalue weighted by Gasteiger charge is -2.43. The fourth-order valence-electron chi connectivity index (χ4n) is 4.35. The molecule has 3 rings (SSSR count). The van der Waals surface area contributed by atoms with Crippen LogP contribution in [0.2, 0.25) is 0 Å². The number of fused-ring (bicyclic) bond motifs is 2. The van der Waals surface area contributed by atoms with Gasteiger partial charge in [-0.15, -0.1) is 0 Å². The molecule has 1 aromatic rings. The molecule has 0 radical (unpaired) electrons. The molecule has 24 heavy (non-hydrogen) atoms. The van der Waals surface area contributed by atoms with Crippen LogP contribution in [0.5, 0.6) is 0 Å². The van der Waals surface area contributed by atoms with Crippen molar-refractivity contribution >= 4 is 11.6 Å². The largest absolute Gasteiger partial charge is 0.327 e. The first-order chi connectivity index (χ1) is 11.5. The molecule has 0 aliphatic heterocycles. The third kappa shape index (κ3) is 4.17. The maximum absolute atomic E-state index is 12.6. The van der Waals surface area contributed by atoms with Crippen LogP contribution in [0.4, 0.5) is 5.69 Å². The summed E-state index contributed by atoms with van der Waals surface area (Å²) in [7, 11) is 4.17. The lowest BCUT2D eigenvalue weighted by atomic mass is 9.65. The number of carbonyl (C=O) groups excluding carboxylic acids is 1. The maximum Gasteiger partial charge on any atom is 0.227 e. The lowest BCUT2D eigenvalue weighted by molar-refractivity contribution is -0.122. The van der Waals surface area contributed by atoms with Crippen LogP contribution >= 0.6 is 0 Å². The first kappa shape index (κ1) is 17.4. The Labute approximate surface area is 145 Å². The average Bonchev–Trinajstić information content (AvgIpc) is 2.53. The molecule has 2 unspecified atom stereocenters. The van der Waals surface area contributed by atoms with Crippen LogP contribution in [-0.2, 0) is 11.2 Å². The average molecular weight is 329 g/mol. The zero-order chi connectivity index (χ0) is 17.1. The van der Waals surface area contributed by atoms with Gasteiger partial charge in [0.05, 0.1) is 0 Å². The summed E-state index contributed by atoms with van der Waals surface area (Å²) in [6.07, 6.45) is 6.63. The Morgan fingerprint density at radius 1 is 1.17 bits per heavy atom. The molecule has 2 aliphatic rings. The highest BCUT2D eigenvalue weighted by Crippen LogP contribution is 2.42. The highest BCUT2D eigenvalue weighted by molar-refractivity contribution is 5.92. The zero-order valence-electron chi connectivity index (χ0n) is 15.0. The molecule has 3 N–H and O–H groups in total. The number of hydrogen-bond acceptors (Lipinski definition) is 3. The minimum atomic E-state index is 0.133. The fourth-order valence-corrected chi connectivity index (χ4v) is 4.35. The Hall–Kier alpha value is -1.39. The molecule has 1 amide bonds. The second-order valence-corrected chi connectivity index (χ2v) is 7.94. The van der Waals surface area contributed by atoms with E-state index < -0.39 is 0 Å². The molecule has 2 aliphatic carbocycles. The number of amides is 1. The Kier molecular flexibility index (Phi) is 5.57. The summed E-state index contributed by atoms with van der Waals surface area (Å²) in [5.41, 5.74) is 8.55. The summed E-state index contributed by atoms with van der Waals surface area (Å²) >= 11 is 0. The molecule has 4 heteroatoms. The molecular formula is C20H31N3O. The molecule has 4 nitrogen and oxygen atoms in total. The quantitative estimate of drug-likeness (QED) is 0.873. The van der Waals surface area contributed by atoms with Crippen LogP contribution in [0.25, 0.3) is 0 Å². The van der Waals surface area contributed by atoms with Crippen LogP contribution < -0.4 is 11.1 Å². The molecule has 132 valence electrons. The molecular weight excluding hydrogens is 298 g/mol. The van der Waals surface area contributed by atoms with E-state index in [9.17, 15) is 4.79 Å². The normalized spacial score (nSPS) is 29.5. The van der Waals surface area contributed by atoms with Crippen molar-refractivity contribution in [3.63, 3.8) is 0 Å². The Morgan fingerprint density at radius 2 is 1.79 bits per heavy atom. The Bertz CT molecular complexity index is 541. The van der Waals surface area contributed by atoms with Crippen LogP contribution in [0.1, 0.15) is 37.7 Å². The number of benzene rings is 1. The van der Waals surface area contributed by atoms with Crippen molar-refractivity contribution in [3.8, 4) is 0 Å². The van der Waals surface area contributed by atoms with E-state index in [1.54, 1.807) is 0 Å². The molecule has 2 saturated carbocycles. The first-order valence-electron chi connectivity index (χ1n) is 9.33. The summed E-state index contributed by atoms with van der Waals surface area (Å²) in [4.78, 5) is 14.8. The third-order valence-corrected chi connectivity index (χ3v) is 5.85. The summed E-state index contributed by atoms with van der Waals surface area (Å²) < 4.78 is 0. The van der Waals surface area contributed by atoms with Gasteiger partial charge in [0.25, 0.3) is 0 Å². The lowest BCUT2D eigenvalue weighted by Crippen LogP contribution is -2.48. The number of nitrogens with two attached hydrogens (primary N) is 1. The molecule has 0 heterocycles. The monoisotopic (exact) mass is 329 g/mol. The molecule has 2 fully saturated rings. The van der Waals surface area contributed by atoms with Crippen LogP contribution in [0, 0.1) is 17.8 Å². The third-order valence-electron chi connectivity index (χ3n) is 5.85. The van der Waals surface area contributed by atoms with Crippen molar-refractivity contribution in [1.82, 2.24) is 4.90 Å². The fraction of sp³-hybridized carbons (Fsp3) is 0.650. The number of carbonyl (C=O) groups is 1. The van der Waals surface area contributed by atoms with Gasteiger partial charge in [0.15, 0.2) is 0 Å². The van der Waals surface area contributed by atoms with Gasteiger partial charge in [-0.3, -0.25) is 4.79 Å². The van der Waals surface area contributed by atoms with E-state index in [2.05, 4.69) is 36.4 Å². The second-order valence-electron chi connectivity index (χ2n) is 7.94. The van der Waals surface area contributed by atoms with Crippen molar-refractivity contribution in [3.05, 3.63) is 29.8 Å². The van der Waals surface area contributed by atoms with E-state index in [0.717, 1.165) is 31.5 Å². The number of rotatable bonds is 5. The predicted octanol–water partition coefficient (Wildman–Crippen LogP) is 2.88. The van der Waals surface area contributed by atoms with E-state index in [4.69, 9.17) is 5.73 Å².